The lowest BCUT2D eigenvalue weighted by molar-refractivity contribution is 0.237. The fourth-order valence-electron chi connectivity index (χ4n) is 5.36. The minimum absolute atomic E-state index is 0.0702. The number of ether oxygens (including phenoxy) is 1. The van der Waals surface area contributed by atoms with E-state index in [0.717, 1.165) is 55.8 Å². The zero-order valence-corrected chi connectivity index (χ0v) is 20.7. The van der Waals surface area contributed by atoms with Crippen LogP contribution in [0.1, 0.15) is 51.4 Å². The molecule has 1 aliphatic heterocycles. The van der Waals surface area contributed by atoms with Crippen molar-refractivity contribution in [3.05, 3.63) is 40.8 Å². The van der Waals surface area contributed by atoms with E-state index < -0.39 is 0 Å². The number of aromatic nitrogens is 4. The van der Waals surface area contributed by atoms with E-state index in [1.807, 2.05) is 28.8 Å². The van der Waals surface area contributed by atoms with Crippen molar-refractivity contribution < 1.29 is 4.74 Å². The van der Waals surface area contributed by atoms with E-state index in [2.05, 4.69) is 15.2 Å². The van der Waals surface area contributed by atoms with Crippen molar-refractivity contribution in [2.24, 2.45) is 5.92 Å². The molecule has 3 aromatic heterocycles. The Morgan fingerprint density at radius 3 is 2.54 bits per heavy atom. The van der Waals surface area contributed by atoms with E-state index >= 15 is 0 Å². The average Bonchev–Trinajstić information content (AvgIpc) is 2.92. The van der Waals surface area contributed by atoms with E-state index in [0.29, 0.717) is 29.8 Å². The minimum Gasteiger partial charge on any atom is -0.481 e. The molecular weight excluding hydrogens is 440 g/mol. The van der Waals surface area contributed by atoms with Gasteiger partial charge in [0.15, 0.2) is 11.5 Å². The first-order valence-electron chi connectivity index (χ1n) is 13.1. The number of pyridine rings is 2. The van der Waals surface area contributed by atoms with Crippen molar-refractivity contribution in [2.45, 2.75) is 57.9 Å². The summed E-state index contributed by atoms with van der Waals surface area (Å²) in [5.74, 6) is 1.50. The van der Waals surface area contributed by atoms with Crippen LogP contribution in [0.4, 0.5) is 5.82 Å². The Hall–Kier alpha value is -3.00. The maximum absolute atomic E-state index is 13.6. The van der Waals surface area contributed by atoms with Crippen LogP contribution in [0.3, 0.4) is 0 Å². The Kier molecular flexibility index (Phi) is 7.57. The molecule has 0 bridgehead atoms. The summed E-state index contributed by atoms with van der Waals surface area (Å²) in [7, 11) is 1.60. The molecule has 0 spiro atoms. The van der Waals surface area contributed by atoms with Crippen LogP contribution in [0, 0.1) is 5.92 Å². The molecule has 4 heterocycles. The third-order valence-corrected chi connectivity index (χ3v) is 7.37. The number of fused-ring (bicyclic) bond motifs is 1. The highest BCUT2D eigenvalue weighted by Gasteiger charge is 2.20. The third-order valence-electron chi connectivity index (χ3n) is 7.37. The van der Waals surface area contributed by atoms with Gasteiger partial charge in [-0.1, -0.05) is 25.7 Å². The molecule has 5 rings (SSSR count). The molecule has 1 saturated heterocycles. The third kappa shape index (κ3) is 5.64. The molecule has 186 valence electrons. The van der Waals surface area contributed by atoms with Gasteiger partial charge >= 0.3 is 0 Å². The molecule has 8 nitrogen and oxygen atoms in total. The Morgan fingerprint density at radius 1 is 1.00 bits per heavy atom. The van der Waals surface area contributed by atoms with Gasteiger partial charge in [0.25, 0.3) is 5.56 Å². The summed E-state index contributed by atoms with van der Waals surface area (Å²) < 4.78 is 7.04. The molecule has 35 heavy (non-hydrogen) atoms. The molecule has 0 unspecified atom stereocenters. The Labute approximate surface area is 206 Å². The maximum Gasteiger partial charge on any atom is 0.294 e. The molecule has 1 saturated carbocycles. The van der Waals surface area contributed by atoms with Gasteiger partial charge in [-0.15, -0.1) is 0 Å². The van der Waals surface area contributed by atoms with E-state index in [1.54, 1.807) is 13.3 Å². The van der Waals surface area contributed by atoms with Crippen LogP contribution in [0.2, 0.25) is 0 Å². The first kappa shape index (κ1) is 23.7. The standard InChI is InChI=1S/C27H36N6O2/c1-35-24-13-10-21(18-29-24)22-11-12-23-26(31-22)33(19-20-8-4-2-5-9-20)27(34)25(30-23)28-14-17-32-15-6-3-7-16-32/h10-13,18,20H,2-9,14-17,19H2,1H3,(H,28,30). The lowest BCUT2D eigenvalue weighted by atomic mass is 9.89. The van der Waals surface area contributed by atoms with E-state index in [9.17, 15) is 4.79 Å². The zero-order valence-electron chi connectivity index (χ0n) is 20.7. The number of rotatable bonds is 8. The normalized spacial score (nSPS) is 17.5. The average molecular weight is 477 g/mol. The number of anilines is 1. The number of hydrogen-bond acceptors (Lipinski definition) is 7. The van der Waals surface area contributed by atoms with Gasteiger partial charge in [0.2, 0.25) is 5.88 Å². The molecule has 2 aliphatic rings. The Morgan fingerprint density at radius 2 is 1.80 bits per heavy atom. The van der Waals surface area contributed by atoms with Crippen molar-refractivity contribution in [3.8, 4) is 17.1 Å². The summed E-state index contributed by atoms with van der Waals surface area (Å²) in [6.45, 7) is 4.64. The number of hydrogen-bond donors (Lipinski definition) is 1. The molecular formula is C27H36N6O2. The van der Waals surface area contributed by atoms with Crippen LogP contribution in [-0.4, -0.2) is 57.7 Å². The summed E-state index contributed by atoms with van der Waals surface area (Å²) >= 11 is 0. The molecule has 8 heteroatoms. The second kappa shape index (κ2) is 11.2. The number of nitrogens with one attached hydrogen (secondary N) is 1. The Balaban J connectivity index is 1.45. The lowest BCUT2D eigenvalue weighted by Crippen LogP contribution is -2.35. The van der Waals surface area contributed by atoms with Crippen LogP contribution in [-0.2, 0) is 6.54 Å². The van der Waals surface area contributed by atoms with E-state index in [1.165, 1.54) is 38.5 Å². The summed E-state index contributed by atoms with van der Waals surface area (Å²) in [4.78, 5) is 30.0. The number of piperidine rings is 1. The van der Waals surface area contributed by atoms with Crippen molar-refractivity contribution in [1.82, 2.24) is 24.4 Å². The zero-order chi connectivity index (χ0) is 24.0. The molecule has 0 atom stereocenters. The Bertz CT molecular complexity index is 1180. The highest BCUT2D eigenvalue weighted by atomic mass is 16.5. The predicted molar refractivity (Wildman–Crippen MR) is 139 cm³/mol. The predicted octanol–water partition coefficient (Wildman–Crippen LogP) is 4.34. The number of nitrogens with zero attached hydrogens (tertiary/aromatic N) is 5. The maximum atomic E-state index is 13.6. The highest BCUT2D eigenvalue weighted by molar-refractivity contribution is 5.76. The van der Waals surface area contributed by atoms with Crippen LogP contribution >= 0.6 is 0 Å². The summed E-state index contributed by atoms with van der Waals surface area (Å²) in [6, 6.07) is 7.68. The van der Waals surface area contributed by atoms with Crippen molar-refractivity contribution in [2.75, 3.05) is 38.6 Å². The van der Waals surface area contributed by atoms with Crippen molar-refractivity contribution in [1.29, 1.82) is 0 Å². The van der Waals surface area contributed by atoms with Gasteiger partial charge in [0.05, 0.1) is 12.8 Å². The molecule has 1 aliphatic carbocycles. The van der Waals surface area contributed by atoms with Gasteiger partial charge in [0.1, 0.15) is 5.52 Å². The number of methoxy groups -OCH3 is 1. The highest BCUT2D eigenvalue weighted by Crippen LogP contribution is 2.27. The fraction of sp³-hybridized carbons (Fsp3) is 0.556. The molecule has 0 radical (unpaired) electrons. The molecule has 1 N–H and O–H groups in total. The quantitative estimate of drug-likeness (QED) is 0.518. The van der Waals surface area contributed by atoms with E-state index in [-0.39, 0.29) is 5.56 Å². The molecule has 0 aromatic carbocycles. The van der Waals surface area contributed by atoms with Gasteiger partial charge in [-0.05, 0) is 62.9 Å². The van der Waals surface area contributed by atoms with Gasteiger partial charge in [-0.25, -0.2) is 15.0 Å². The fourth-order valence-corrected chi connectivity index (χ4v) is 5.36. The lowest BCUT2D eigenvalue weighted by Gasteiger charge is -2.26. The van der Waals surface area contributed by atoms with E-state index in [4.69, 9.17) is 14.7 Å². The smallest absolute Gasteiger partial charge is 0.294 e. The summed E-state index contributed by atoms with van der Waals surface area (Å²) in [5, 5.41) is 3.35. The summed E-state index contributed by atoms with van der Waals surface area (Å²) in [6.07, 6.45) is 11.7. The second-order valence-electron chi connectivity index (χ2n) is 9.84. The molecule has 0 amide bonds. The SMILES string of the molecule is COc1ccc(-c2ccc3nc(NCCN4CCCCC4)c(=O)n(CC4CCCCC4)c3n2)cn1. The van der Waals surface area contributed by atoms with Crippen LogP contribution in [0.25, 0.3) is 22.4 Å². The van der Waals surface area contributed by atoms with Gasteiger partial charge in [-0.3, -0.25) is 9.36 Å². The number of likely N-dealkylation sites (tertiary alicyclic amines) is 1. The molecule has 2 fully saturated rings. The topological polar surface area (TPSA) is 85.2 Å². The van der Waals surface area contributed by atoms with Gasteiger partial charge in [-0.2, -0.15) is 0 Å². The van der Waals surface area contributed by atoms with Crippen LogP contribution in [0.15, 0.2) is 35.3 Å². The molecule has 3 aromatic rings. The minimum atomic E-state index is -0.0702. The van der Waals surface area contributed by atoms with Crippen LogP contribution < -0.4 is 15.6 Å². The first-order chi connectivity index (χ1) is 17.2. The second-order valence-corrected chi connectivity index (χ2v) is 9.84. The van der Waals surface area contributed by atoms with Crippen molar-refractivity contribution in [3.63, 3.8) is 0 Å². The largest absolute Gasteiger partial charge is 0.481 e. The monoisotopic (exact) mass is 476 g/mol. The van der Waals surface area contributed by atoms with Crippen molar-refractivity contribution >= 4 is 17.0 Å². The first-order valence-corrected chi connectivity index (χ1v) is 13.1. The summed E-state index contributed by atoms with van der Waals surface area (Å²) in [5.41, 5.74) is 2.98. The van der Waals surface area contributed by atoms with Gasteiger partial charge in [0, 0.05) is 37.5 Å². The van der Waals surface area contributed by atoms with Gasteiger partial charge < -0.3 is 15.0 Å². The van der Waals surface area contributed by atoms with Crippen LogP contribution in [0.5, 0.6) is 5.88 Å².